The molecule has 1 saturated heterocycles. The van der Waals surface area contributed by atoms with Crippen molar-refractivity contribution in [3.05, 3.63) is 54.6 Å². The summed E-state index contributed by atoms with van der Waals surface area (Å²) in [6.45, 7) is 13.6. The first-order valence-corrected chi connectivity index (χ1v) is 18.1. The number of unbranched alkanes of at least 4 members (excludes halogenated alkanes) is 1. The Labute approximate surface area is 311 Å². The van der Waals surface area contributed by atoms with Gasteiger partial charge in [-0.15, -0.1) is 0 Å². The van der Waals surface area contributed by atoms with Crippen molar-refractivity contribution < 1.29 is 47.6 Å². The molecule has 3 aromatic rings. The SMILES string of the molecule is CCCCOC(=O)[C@@H](NC(=O)OCCCOc1cccc(-c2cc3ccccc3nc2O[C@@H]2C[C@@H](C(=O)OC)N(C(=O)OC(C)(C)C)C2)c1)C(C)(C)C. The predicted octanol–water partition coefficient (Wildman–Crippen LogP) is 7.08. The Kier molecular flexibility index (Phi) is 13.9. The number of fused-ring (bicyclic) bond motifs is 1. The van der Waals surface area contributed by atoms with Crippen LogP contribution in [0.1, 0.15) is 74.1 Å². The number of para-hydroxylation sites is 1. The molecule has 0 aliphatic carbocycles. The molecule has 2 heterocycles. The van der Waals surface area contributed by atoms with Gasteiger partial charge in [-0.1, -0.05) is 64.4 Å². The molecule has 0 radical (unpaired) electrons. The molecule has 3 atom stereocenters. The van der Waals surface area contributed by atoms with E-state index in [0.717, 1.165) is 29.3 Å². The number of aromatic nitrogens is 1. The number of amides is 2. The number of hydrogen-bond acceptors (Lipinski definition) is 11. The molecule has 0 saturated carbocycles. The molecule has 0 spiro atoms. The van der Waals surface area contributed by atoms with E-state index in [-0.39, 0.29) is 26.2 Å². The Hall–Kier alpha value is -5.07. The molecule has 1 aromatic heterocycles. The highest BCUT2D eigenvalue weighted by Crippen LogP contribution is 2.36. The van der Waals surface area contributed by atoms with Crippen LogP contribution in [0.3, 0.4) is 0 Å². The summed E-state index contributed by atoms with van der Waals surface area (Å²) < 4.78 is 33.7. The van der Waals surface area contributed by atoms with Crippen molar-refractivity contribution in [3.8, 4) is 22.8 Å². The molecule has 1 aliphatic heterocycles. The van der Waals surface area contributed by atoms with Gasteiger partial charge in [0.1, 0.15) is 29.5 Å². The molecule has 1 fully saturated rings. The number of esters is 2. The molecule has 2 aromatic carbocycles. The summed E-state index contributed by atoms with van der Waals surface area (Å²) in [7, 11) is 1.28. The molecule has 1 aliphatic rings. The number of alkyl carbamates (subject to hydrolysis) is 1. The van der Waals surface area contributed by atoms with Crippen molar-refractivity contribution in [1.82, 2.24) is 15.2 Å². The van der Waals surface area contributed by atoms with Crippen LogP contribution in [0.2, 0.25) is 0 Å². The molecule has 0 bridgehead atoms. The zero-order chi connectivity index (χ0) is 38.8. The van der Waals surface area contributed by atoms with Crippen molar-refractivity contribution >= 4 is 35.0 Å². The molecule has 1 N–H and O–H groups in total. The Balaban J connectivity index is 1.42. The van der Waals surface area contributed by atoms with Crippen molar-refractivity contribution in [1.29, 1.82) is 0 Å². The van der Waals surface area contributed by atoms with Gasteiger partial charge >= 0.3 is 24.1 Å². The number of pyridine rings is 1. The quantitative estimate of drug-likeness (QED) is 0.103. The number of carbonyl (C=O) groups excluding carboxylic acids is 4. The van der Waals surface area contributed by atoms with Gasteiger partial charge in [0, 0.05) is 23.8 Å². The van der Waals surface area contributed by atoms with Gasteiger partial charge in [-0.3, -0.25) is 4.90 Å². The number of ether oxygens (including phenoxy) is 6. The average Bonchev–Trinajstić information content (AvgIpc) is 3.53. The highest BCUT2D eigenvalue weighted by atomic mass is 16.6. The number of rotatable bonds is 14. The first-order chi connectivity index (χ1) is 25.1. The van der Waals surface area contributed by atoms with Crippen LogP contribution in [0.15, 0.2) is 54.6 Å². The number of benzene rings is 2. The van der Waals surface area contributed by atoms with Gasteiger partial charge in [0.25, 0.3) is 0 Å². The molecular weight excluding hydrogens is 682 g/mol. The lowest BCUT2D eigenvalue weighted by atomic mass is 9.87. The lowest BCUT2D eigenvalue weighted by molar-refractivity contribution is -0.149. The van der Waals surface area contributed by atoms with E-state index >= 15 is 0 Å². The summed E-state index contributed by atoms with van der Waals surface area (Å²) in [5, 5.41) is 3.54. The Bertz CT molecular complexity index is 1730. The largest absolute Gasteiger partial charge is 0.493 e. The molecule has 53 heavy (non-hydrogen) atoms. The topological polar surface area (TPSA) is 152 Å². The maximum Gasteiger partial charge on any atom is 0.411 e. The number of nitrogens with zero attached hydrogens (tertiary/aromatic N) is 2. The van der Waals surface area contributed by atoms with Crippen LogP contribution < -0.4 is 14.8 Å². The second-order valence-corrected chi connectivity index (χ2v) is 15.0. The van der Waals surface area contributed by atoms with Crippen molar-refractivity contribution in [2.45, 2.75) is 97.9 Å². The standard InChI is InChI=1S/C40H53N3O10/c1-9-10-19-50-36(45)33(39(2,3)4)42-37(46)51-21-14-20-49-28-17-13-16-26(22-28)30-23-27-15-11-12-18-31(27)41-34(30)52-29-24-32(35(44)48-8)43(25-29)38(47)53-40(5,6)7/h11-13,15-18,22-23,29,32-33H,9-10,14,19-21,24-25H2,1-8H3,(H,42,46)/t29-,32+,33-/m1/s1. The number of nitrogens with one attached hydrogen (secondary N) is 1. The van der Waals surface area contributed by atoms with Crippen LogP contribution in [0.25, 0.3) is 22.0 Å². The maximum atomic E-state index is 13.1. The fourth-order valence-corrected chi connectivity index (χ4v) is 5.67. The van der Waals surface area contributed by atoms with E-state index < -0.39 is 53.3 Å². The zero-order valence-corrected chi connectivity index (χ0v) is 32.1. The maximum absolute atomic E-state index is 13.1. The number of carbonyl (C=O) groups is 4. The van der Waals surface area contributed by atoms with Crippen LogP contribution >= 0.6 is 0 Å². The third kappa shape index (κ3) is 11.7. The van der Waals surface area contributed by atoms with Crippen LogP contribution in [0.4, 0.5) is 9.59 Å². The van der Waals surface area contributed by atoms with E-state index in [1.54, 1.807) is 20.8 Å². The van der Waals surface area contributed by atoms with Gasteiger partial charge in [0.05, 0.1) is 39.0 Å². The fourth-order valence-electron chi connectivity index (χ4n) is 5.67. The fraction of sp³-hybridized carbons (Fsp3) is 0.525. The molecule has 13 heteroatoms. The lowest BCUT2D eigenvalue weighted by Crippen LogP contribution is -2.50. The van der Waals surface area contributed by atoms with E-state index in [9.17, 15) is 19.2 Å². The predicted molar refractivity (Wildman–Crippen MR) is 199 cm³/mol. The minimum Gasteiger partial charge on any atom is -0.493 e. The minimum atomic E-state index is -0.873. The first kappa shape index (κ1) is 40.7. The van der Waals surface area contributed by atoms with Gasteiger partial charge in [-0.25, -0.2) is 24.2 Å². The molecular formula is C40H53N3O10. The molecule has 4 rings (SSSR count). The van der Waals surface area contributed by atoms with Crippen LogP contribution in [-0.4, -0.2) is 91.3 Å². The van der Waals surface area contributed by atoms with Gasteiger partial charge in [-0.2, -0.15) is 0 Å². The van der Waals surface area contributed by atoms with E-state index in [0.29, 0.717) is 30.2 Å². The second-order valence-electron chi connectivity index (χ2n) is 15.0. The van der Waals surface area contributed by atoms with Gasteiger partial charge < -0.3 is 33.7 Å². The lowest BCUT2D eigenvalue weighted by Gasteiger charge is -2.29. The summed E-state index contributed by atoms with van der Waals surface area (Å²) >= 11 is 0. The highest BCUT2D eigenvalue weighted by molar-refractivity contribution is 5.87. The normalized spacial score (nSPS) is 16.4. The highest BCUT2D eigenvalue weighted by Gasteiger charge is 2.43. The van der Waals surface area contributed by atoms with Crippen molar-refractivity contribution in [2.24, 2.45) is 5.41 Å². The summed E-state index contributed by atoms with van der Waals surface area (Å²) in [6, 6.07) is 15.4. The smallest absolute Gasteiger partial charge is 0.411 e. The number of methoxy groups -OCH3 is 1. The monoisotopic (exact) mass is 735 g/mol. The molecule has 0 unspecified atom stereocenters. The zero-order valence-electron chi connectivity index (χ0n) is 32.1. The van der Waals surface area contributed by atoms with Crippen LogP contribution in [0.5, 0.6) is 11.6 Å². The summed E-state index contributed by atoms with van der Waals surface area (Å²) in [6.07, 6.45) is 0.345. The van der Waals surface area contributed by atoms with E-state index in [2.05, 4.69) is 5.32 Å². The van der Waals surface area contributed by atoms with Crippen molar-refractivity contribution in [2.75, 3.05) is 33.5 Å². The summed E-state index contributed by atoms with van der Waals surface area (Å²) in [4.78, 5) is 57.1. The Morgan fingerprint density at radius 1 is 0.925 bits per heavy atom. The molecule has 2 amide bonds. The number of hydrogen-bond donors (Lipinski definition) is 1. The average molecular weight is 736 g/mol. The van der Waals surface area contributed by atoms with Gasteiger partial charge in [0.2, 0.25) is 5.88 Å². The Morgan fingerprint density at radius 3 is 2.36 bits per heavy atom. The Morgan fingerprint density at radius 2 is 1.66 bits per heavy atom. The van der Waals surface area contributed by atoms with Crippen LogP contribution in [-0.2, 0) is 28.5 Å². The third-order valence-corrected chi connectivity index (χ3v) is 8.37. The number of likely N-dealkylation sites (tertiary alicyclic amines) is 1. The minimum absolute atomic E-state index is 0.0775. The van der Waals surface area contributed by atoms with Crippen molar-refractivity contribution in [3.63, 3.8) is 0 Å². The van der Waals surface area contributed by atoms with Crippen LogP contribution in [0, 0.1) is 5.41 Å². The van der Waals surface area contributed by atoms with E-state index in [1.165, 1.54) is 12.0 Å². The summed E-state index contributed by atoms with van der Waals surface area (Å²) in [5.74, 6) is -0.127. The van der Waals surface area contributed by atoms with Gasteiger partial charge in [-0.05, 0) is 62.4 Å². The van der Waals surface area contributed by atoms with E-state index in [1.807, 2.05) is 82.3 Å². The second kappa shape index (κ2) is 18.1. The summed E-state index contributed by atoms with van der Waals surface area (Å²) in [5.41, 5.74) is 0.874. The molecule has 288 valence electrons. The first-order valence-electron chi connectivity index (χ1n) is 18.1. The molecule has 13 nitrogen and oxygen atoms in total. The van der Waals surface area contributed by atoms with E-state index in [4.69, 9.17) is 33.4 Å². The van der Waals surface area contributed by atoms with Gasteiger partial charge in [0.15, 0.2) is 0 Å². The third-order valence-electron chi connectivity index (χ3n) is 8.37.